The molecule has 0 saturated heterocycles. The summed E-state index contributed by atoms with van der Waals surface area (Å²) in [6.07, 6.45) is 2.73. The summed E-state index contributed by atoms with van der Waals surface area (Å²) in [4.78, 5) is 8.86. The van der Waals surface area contributed by atoms with Crippen LogP contribution in [0.1, 0.15) is 30.7 Å². The number of rotatable bonds is 11. The van der Waals surface area contributed by atoms with Crippen molar-refractivity contribution in [3.05, 3.63) is 101 Å². The number of fused-ring (bicyclic) bond motifs is 1. The quantitative estimate of drug-likeness (QED) is 0.0988. The molecule has 2 aromatic heterocycles. The van der Waals surface area contributed by atoms with Crippen molar-refractivity contribution in [2.24, 2.45) is 0 Å². The van der Waals surface area contributed by atoms with Gasteiger partial charge in [-0.2, -0.15) is 12.6 Å². The fraction of sp³-hybridized carbons (Fsp3) is 0.273. The van der Waals surface area contributed by atoms with E-state index in [1.165, 1.54) is 18.1 Å². The Morgan fingerprint density at radius 2 is 1.82 bits per heavy atom. The van der Waals surface area contributed by atoms with Crippen LogP contribution in [0.3, 0.4) is 0 Å². The number of nitrogens with one attached hydrogen (secondary N) is 2. The molecule has 0 aliphatic rings. The van der Waals surface area contributed by atoms with Gasteiger partial charge in [0.15, 0.2) is 0 Å². The van der Waals surface area contributed by atoms with E-state index in [0.29, 0.717) is 53.1 Å². The van der Waals surface area contributed by atoms with Gasteiger partial charge in [-0.05, 0) is 66.3 Å². The first-order valence-corrected chi connectivity index (χ1v) is 17.1. The van der Waals surface area contributed by atoms with E-state index < -0.39 is 9.84 Å². The molecule has 0 aliphatic carbocycles. The van der Waals surface area contributed by atoms with Crippen LogP contribution in [-0.4, -0.2) is 42.2 Å². The van der Waals surface area contributed by atoms with Crippen LogP contribution in [0.5, 0.6) is 5.75 Å². The van der Waals surface area contributed by atoms with Gasteiger partial charge in [-0.3, -0.25) is 0 Å². The number of nitrogens with zero attached hydrogens (tertiary/aromatic N) is 2. The Labute approximate surface area is 269 Å². The Kier molecular flexibility index (Phi) is 11.7. The first-order chi connectivity index (χ1) is 21.0. The van der Waals surface area contributed by atoms with Crippen molar-refractivity contribution >= 4 is 56.5 Å². The maximum Gasteiger partial charge on any atom is 0.148 e. The van der Waals surface area contributed by atoms with E-state index in [2.05, 4.69) is 39.3 Å². The normalized spacial score (nSPS) is 11.3. The molecule has 0 fully saturated rings. The SMILES string of the molecule is CC(C)S.Cc1cccc(COc2ccc(Nc3ncnc4ccc(-c5ccc(CNCCS(C)(=O)=O)o5)cc34)cc2Cl)c1. The Morgan fingerprint density at radius 3 is 2.55 bits per heavy atom. The Bertz CT molecular complexity index is 1810. The average molecular weight is 653 g/mol. The molecule has 0 unspecified atom stereocenters. The van der Waals surface area contributed by atoms with Gasteiger partial charge in [0.1, 0.15) is 45.9 Å². The minimum atomic E-state index is -3.01. The second-order valence-electron chi connectivity index (χ2n) is 10.7. The molecule has 3 aromatic carbocycles. The smallest absolute Gasteiger partial charge is 0.148 e. The summed E-state index contributed by atoms with van der Waals surface area (Å²) in [6.45, 7) is 7.34. The minimum Gasteiger partial charge on any atom is -0.487 e. The number of thiol groups is 1. The second kappa shape index (κ2) is 15.4. The number of anilines is 2. The summed E-state index contributed by atoms with van der Waals surface area (Å²) in [5.41, 5.74) is 4.66. The molecule has 0 atom stereocenters. The minimum absolute atomic E-state index is 0.0788. The summed E-state index contributed by atoms with van der Waals surface area (Å²) in [5.74, 6) is 2.71. The van der Waals surface area contributed by atoms with E-state index in [1.54, 1.807) is 6.07 Å². The molecule has 0 spiro atoms. The fourth-order valence-corrected chi connectivity index (χ4v) is 4.95. The Hall–Kier alpha value is -3.57. The molecular weight excluding hydrogens is 616 g/mol. The molecule has 0 aliphatic heterocycles. The van der Waals surface area contributed by atoms with Gasteiger partial charge in [0, 0.05) is 29.4 Å². The standard InChI is InChI=1S/C30H29ClN4O4S.C3H8S/c1-20-4-3-5-21(14-20)18-38-29-10-7-23(16-26(29)31)35-30-25-15-22(6-9-27(25)33-19-34-30)28-11-8-24(39-28)17-32-12-13-40(2,36)37;1-3(2)4/h3-11,14-16,19,32H,12-13,17-18H2,1-2H3,(H,33,34,35);3-4H,1-2H3. The zero-order valence-electron chi connectivity index (χ0n) is 25.2. The van der Waals surface area contributed by atoms with Crippen molar-refractivity contribution in [3.63, 3.8) is 0 Å². The van der Waals surface area contributed by atoms with E-state index >= 15 is 0 Å². The van der Waals surface area contributed by atoms with Crippen LogP contribution in [-0.2, 0) is 23.0 Å². The van der Waals surface area contributed by atoms with Gasteiger partial charge in [-0.15, -0.1) is 0 Å². The lowest BCUT2D eigenvalue weighted by Gasteiger charge is -2.12. The first-order valence-electron chi connectivity index (χ1n) is 14.1. The maximum absolute atomic E-state index is 11.3. The van der Waals surface area contributed by atoms with E-state index in [4.69, 9.17) is 20.8 Å². The van der Waals surface area contributed by atoms with E-state index in [9.17, 15) is 8.42 Å². The third kappa shape index (κ3) is 10.3. The number of halogens is 1. The van der Waals surface area contributed by atoms with Gasteiger partial charge in [-0.25, -0.2) is 18.4 Å². The predicted octanol–water partition coefficient (Wildman–Crippen LogP) is 7.63. The number of benzene rings is 3. The molecule has 0 radical (unpaired) electrons. The number of aromatic nitrogens is 2. The van der Waals surface area contributed by atoms with E-state index in [1.807, 2.05) is 81.4 Å². The number of ether oxygens (including phenoxy) is 1. The van der Waals surface area contributed by atoms with Crippen LogP contribution in [0.2, 0.25) is 5.02 Å². The summed E-state index contributed by atoms with van der Waals surface area (Å²) in [5, 5.41) is 8.28. The molecule has 0 saturated carbocycles. The first kappa shape index (κ1) is 33.3. The number of furan rings is 1. The van der Waals surface area contributed by atoms with Gasteiger partial charge in [0.25, 0.3) is 0 Å². The second-order valence-corrected chi connectivity index (χ2v) is 14.4. The van der Waals surface area contributed by atoms with Gasteiger partial charge in [0.05, 0.1) is 22.8 Å². The Morgan fingerprint density at radius 1 is 1.02 bits per heavy atom. The van der Waals surface area contributed by atoms with Gasteiger partial charge >= 0.3 is 0 Å². The molecule has 0 amide bonds. The lowest BCUT2D eigenvalue weighted by atomic mass is 10.1. The van der Waals surface area contributed by atoms with Crippen molar-refractivity contribution in [1.82, 2.24) is 15.3 Å². The lowest BCUT2D eigenvalue weighted by Crippen LogP contribution is -2.21. The van der Waals surface area contributed by atoms with Crippen LogP contribution in [0.15, 0.2) is 83.5 Å². The lowest BCUT2D eigenvalue weighted by molar-refractivity contribution is 0.306. The molecule has 2 heterocycles. The molecule has 8 nitrogen and oxygen atoms in total. The van der Waals surface area contributed by atoms with Crippen LogP contribution in [0.4, 0.5) is 11.5 Å². The van der Waals surface area contributed by atoms with Crippen LogP contribution >= 0.6 is 24.2 Å². The van der Waals surface area contributed by atoms with Gasteiger partial charge in [0.2, 0.25) is 0 Å². The van der Waals surface area contributed by atoms with Crippen molar-refractivity contribution < 1.29 is 17.6 Å². The van der Waals surface area contributed by atoms with Crippen molar-refractivity contribution in [3.8, 4) is 17.1 Å². The number of aryl methyl sites for hydroxylation is 1. The van der Waals surface area contributed by atoms with Crippen molar-refractivity contribution in [2.45, 2.75) is 39.2 Å². The fourth-order valence-electron chi connectivity index (χ4n) is 4.20. The maximum atomic E-state index is 11.3. The third-order valence-corrected chi connectivity index (χ3v) is 7.44. The van der Waals surface area contributed by atoms with Crippen molar-refractivity contribution in [1.29, 1.82) is 0 Å². The summed E-state index contributed by atoms with van der Waals surface area (Å²) < 4.78 is 34.5. The van der Waals surface area contributed by atoms with E-state index in [0.717, 1.165) is 27.7 Å². The van der Waals surface area contributed by atoms with Gasteiger partial charge in [-0.1, -0.05) is 55.3 Å². The number of hydrogen-bond acceptors (Lipinski definition) is 9. The van der Waals surface area contributed by atoms with Gasteiger partial charge < -0.3 is 19.8 Å². The summed E-state index contributed by atoms with van der Waals surface area (Å²) in [6, 6.07) is 23.3. The highest BCUT2D eigenvalue weighted by atomic mass is 35.5. The topological polar surface area (TPSA) is 106 Å². The highest BCUT2D eigenvalue weighted by molar-refractivity contribution is 7.90. The largest absolute Gasteiger partial charge is 0.487 e. The molecule has 11 heteroatoms. The van der Waals surface area contributed by atoms with Crippen LogP contribution in [0.25, 0.3) is 22.2 Å². The van der Waals surface area contributed by atoms with Crippen LogP contribution in [0, 0.1) is 6.92 Å². The molecular formula is C33H37ClN4O4S2. The zero-order valence-corrected chi connectivity index (χ0v) is 27.6. The predicted molar refractivity (Wildman–Crippen MR) is 183 cm³/mol. The number of hydrogen-bond donors (Lipinski definition) is 3. The summed E-state index contributed by atoms with van der Waals surface area (Å²) >= 11 is 10.5. The molecule has 5 rings (SSSR count). The average Bonchev–Trinajstić information content (AvgIpc) is 3.43. The molecule has 232 valence electrons. The highest BCUT2D eigenvalue weighted by Gasteiger charge is 2.11. The van der Waals surface area contributed by atoms with Crippen molar-refractivity contribution in [2.75, 3.05) is 23.9 Å². The highest BCUT2D eigenvalue weighted by Crippen LogP contribution is 2.33. The monoisotopic (exact) mass is 652 g/mol. The zero-order chi connectivity index (χ0) is 31.7. The third-order valence-electron chi connectivity index (χ3n) is 6.20. The summed E-state index contributed by atoms with van der Waals surface area (Å²) in [7, 11) is -3.01. The molecule has 44 heavy (non-hydrogen) atoms. The van der Waals surface area contributed by atoms with E-state index in [-0.39, 0.29) is 5.75 Å². The number of sulfone groups is 1. The molecule has 5 aromatic rings. The Balaban J connectivity index is 0.00000104. The molecule has 2 N–H and O–H groups in total. The molecule has 0 bridgehead atoms. The van der Waals surface area contributed by atoms with Crippen LogP contribution < -0.4 is 15.4 Å².